The highest BCUT2D eigenvalue weighted by molar-refractivity contribution is 6.46. The first-order valence-electron chi connectivity index (χ1n) is 9.95. The number of aliphatic hydroxyl groups excluding tert-OH is 1. The summed E-state index contributed by atoms with van der Waals surface area (Å²) in [7, 11) is 0. The van der Waals surface area contributed by atoms with E-state index in [9.17, 15) is 19.1 Å². The van der Waals surface area contributed by atoms with Gasteiger partial charge in [-0.15, -0.1) is 0 Å². The Morgan fingerprint density at radius 1 is 1.10 bits per heavy atom. The number of aliphatic hydroxyl groups is 1. The molecule has 0 aliphatic carbocycles. The molecule has 2 aromatic carbocycles. The average Bonchev–Trinajstić information content (AvgIpc) is 3.02. The molecular formula is C23H22FNO5. The van der Waals surface area contributed by atoms with Crippen molar-refractivity contribution in [2.45, 2.75) is 25.8 Å². The maximum absolute atomic E-state index is 13.5. The molecule has 30 heavy (non-hydrogen) atoms. The largest absolute Gasteiger partial charge is 0.507 e. The number of hydrogen-bond acceptors (Lipinski definition) is 5. The number of ether oxygens (including phenoxy) is 2. The molecule has 6 nitrogen and oxygen atoms in total. The summed E-state index contributed by atoms with van der Waals surface area (Å²) in [5.74, 6) is -1.13. The van der Waals surface area contributed by atoms with Crippen LogP contribution in [0.15, 0.2) is 48.0 Å². The lowest BCUT2D eigenvalue weighted by Crippen LogP contribution is -2.30. The summed E-state index contributed by atoms with van der Waals surface area (Å²) < 4.78 is 24.5. The van der Waals surface area contributed by atoms with E-state index in [4.69, 9.17) is 9.47 Å². The Kier molecular flexibility index (Phi) is 5.44. The lowest BCUT2D eigenvalue weighted by molar-refractivity contribution is -0.139. The van der Waals surface area contributed by atoms with Crippen molar-refractivity contribution in [3.05, 3.63) is 65.0 Å². The van der Waals surface area contributed by atoms with E-state index >= 15 is 0 Å². The summed E-state index contributed by atoms with van der Waals surface area (Å²) >= 11 is 0. The second-order valence-electron chi connectivity index (χ2n) is 7.26. The number of carbonyl (C=O) groups is 2. The van der Waals surface area contributed by atoms with E-state index in [1.807, 2.05) is 6.92 Å². The number of amides is 1. The van der Waals surface area contributed by atoms with Gasteiger partial charge in [0.05, 0.1) is 11.6 Å². The summed E-state index contributed by atoms with van der Waals surface area (Å²) in [4.78, 5) is 27.1. The average molecular weight is 411 g/mol. The van der Waals surface area contributed by atoms with Crippen molar-refractivity contribution < 1.29 is 28.6 Å². The number of carbonyl (C=O) groups excluding carboxylic acids is 2. The highest BCUT2D eigenvalue weighted by Gasteiger charge is 2.45. The van der Waals surface area contributed by atoms with Gasteiger partial charge in [0.25, 0.3) is 11.7 Å². The Labute approximate surface area is 173 Å². The van der Waals surface area contributed by atoms with Crippen LogP contribution in [0.4, 0.5) is 4.39 Å². The molecule has 1 fully saturated rings. The molecule has 7 heteroatoms. The van der Waals surface area contributed by atoms with E-state index in [0.29, 0.717) is 48.8 Å². The Balaban J connectivity index is 1.82. The highest BCUT2D eigenvalue weighted by atomic mass is 19.1. The van der Waals surface area contributed by atoms with E-state index < -0.39 is 23.5 Å². The van der Waals surface area contributed by atoms with Gasteiger partial charge >= 0.3 is 0 Å². The number of halogens is 1. The van der Waals surface area contributed by atoms with Gasteiger partial charge in [-0.3, -0.25) is 9.59 Å². The van der Waals surface area contributed by atoms with E-state index in [1.54, 1.807) is 18.2 Å². The maximum atomic E-state index is 13.5. The van der Waals surface area contributed by atoms with E-state index in [1.165, 1.54) is 29.2 Å². The van der Waals surface area contributed by atoms with Crippen molar-refractivity contribution >= 4 is 17.4 Å². The zero-order valence-electron chi connectivity index (χ0n) is 16.6. The number of hydrogen-bond donors (Lipinski definition) is 1. The van der Waals surface area contributed by atoms with Gasteiger partial charge < -0.3 is 19.5 Å². The molecule has 156 valence electrons. The number of benzene rings is 2. The van der Waals surface area contributed by atoms with Crippen LogP contribution in [0.3, 0.4) is 0 Å². The molecule has 2 aliphatic rings. The number of unbranched alkanes of at least 4 members (excludes halogenated alkanes) is 1. The fourth-order valence-electron chi connectivity index (χ4n) is 3.78. The van der Waals surface area contributed by atoms with Crippen molar-refractivity contribution in [2.24, 2.45) is 0 Å². The van der Waals surface area contributed by atoms with Crippen LogP contribution >= 0.6 is 0 Å². The molecule has 0 bridgehead atoms. The standard InChI is InChI=1S/C23H22FNO5/c1-2-3-10-25-20(14-4-7-16(24)8-5-14)19(22(27)23(25)28)21(26)15-6-9-17-18(13-15)30-12-11-29-17/h4-9,13,20,26H,2-3,10-12H2,1H3/b21-19-. The minimum Gasteiger partial charge on any atom is -0.507 e. The molecule has 1 amide bonds. The summed E-state index contributed by atoms with van der Waals surface area (Å²) in [6.07, 6.45) is 1.54. The molecule has 4 rings (SSSR count). The molecule has 0 aromatic heterocycles. The number of rotatable bonds is 5. The molecule has 1 atom stereocenters. The molecular weight excluding hydrogens is 389 g/mol. The second kappa shape index (κ2) is 8.18. The van der Waals surface area contributed by atoms with Gasteiger partial charge in [-0.05, 0) is 42.3 Å². The first-order valence-corrected chi connectivity index (χ1v) is 9.95. The fraction of sp³-hybridized carbons (Fsp3) is 0.304. The first-order chi connectivity index (χ1) is 14.5. The van der Waals surface area contributed by atoms with Crippen LogP contribution in [-0.4, -0.2) is 41.5 Å². The molecule has 1 unspecified atom stereocenters. The predicted molar refractivity (Wildman–Crippen MR) is 108 cm³/mol. The van der Waals surface area contributed by atoms with Crippen molar-refractivity contribution in [1.82, 2.24) is 4.90 Å². The Hall–Kier alpha value is -3.35. The van der Waals surface area contributed by atoms with Gasteiger partial charge in [-0.1, -0.05) is 25.5 Å². The van der Waals surface area contributed by atoms with E-state index in [2.05, 4.69) is 0 Å². The SMILES string of the molecule is CCCCN1C(=O)C(=O)/C(=C(\O)c2ccc3c(c2)OCCO3)C1c1ccc(F)cc1. The Morgan fingerprint density at radius 3 is 2.50 bits per heavy atom. The monoisotopic (exact) mass is 411 g/mol. The van der Waals surface area contributed by atoms with Gasteiger partial charge in [0, 0.05) is 12.1 Å². The summed E-state index contributed by atoms with van der Waals surface area (Å²) in [5.41, 5.74) is 0.894. The molecule has 2 aromatic rings. The van der Waals surface area contributed by atoms with Crippen LogP contribution < -0.4 is 9.47 Å². The smallest absolute Gasteiger partial charge is 0.295 e. The summed E-state index contributed by atoms with van der Waals surface area (Å²) in [5, 5.41) is 11.0. The van der Waals surface area contributed by atoms with Crippen molar-refractivity contribution in [2.75, 3.05) is 19.8 Å². The van der Waals surface area contributed by atoms with Crippen LogP contribution in [0.25, 0.3) is 5.76 Å². The normalized spacial score (nSPS) is 19.9. The third kappa shape index (κ3) is 3.51. The van der Waals surface area contributed by atoms with Gasteiger partial charge in [0.15, 0.2) is 11.5 Å². The first kappa shape index (κ1) is 19.9. The van der Waals surface area contributed by atoms with E-state index in [0.717, 1.165) is 6.42 Å². The lowest BCUT2D eigenvalue weighted by Gasteiger charge is -2.25. The second-order valence-corrected chi connectivity index (χ2v) is 7.26. The zero-order chi connectivity index (χ0) is 21.3. The number of ketones is 1. The van der Waals surface area contributed by atoms with Crippen LogP contribution in [0.1, 0.15) is 36.9 Å². The third-order valence-corrected chi connectivity index (χ3v) is 5.29. The summed E-state index contributed by atoms with van der Waals surface area (Å²) in [6.45, 7) is 3.17. The number of Topliss-reactive ketones (excluding diaryl/α,β-unsaturated/α-hetero) is 1. The number of fused-ring (bicyclic) bond motifs is 1. The Morgan fingerprint density at radius 2 is 1.80 bits per heavy atom. The minimum absolute atomic E-state index is 0.0145. The van der Waals surface area contributed by atoms with Crippen molar-refractivity contribution in [3.63, 3.8) is 0 Å². The van der Waals surface area contributed by atoms with Crippen molar-refractivity contribution in [3.8, 4) is 11.5 Å². The molecule has 0 radical (unpaired) electrons. The highest BCUT2D eigenvalue weighted by Crippen LogP contribution is 2.41. The zero-order valence-corrected chi connectivity index (χ0v) is 16.6. The van der Waals surface area contributed by atoms with Crippen LogP contribution in [0.5, 0.6) is 11.5 Å². The van der Waals surface area contributed by atoms with E-state index in [-0.39, 0.29) is 11.3 Å². The van der Waals surface area contributed by atoms with Gasteiger partial charge in [-0.2, -0.15) is 0 Å². The van der Waals surface area contributed by atoms with Gasteiger partial charge in [0.2, 0.25) is 0 Å². The van der Waals surface area contributed by atoms with Gasteiger partial charge in [0.1, 0.15) is 24.8 Å². The molecule has 2 aliphatic heterocycles. The quantitative estimate of drug-likeness (QED) is 0.460. The van der Waals surface area contributed by atoms with Gasteiger partial charge in [-0.25, -0.2) is 4.39 Å². The van der Waals surface area contributed by atoms with Crippen molar-refractivity contribution in [1.29, 1.82) is 0 Å². The predicted octanol–water partition coefficient (Wildman–Crippen LogP) is 3.82. The minimum atomic E-state index is -0.787. The Bertz CT molecular complexity index is 1010. The molecule has 0 spiro atoms. The topological polar surface area (TPSA) is 76.1 Å². The molecule has 1 N–H and O–H groups in total. The number of likely N-dealkylation sites (tertiary alicyclic amines) is 1. The fourth-order valence-corrected chi connectivity index (χ4v) is 3.78. The maximum Gasteiger partial charge on any atom is 0.295 e. The molecule has 0 saturated carbocycles. The summed E-state index contributed by atoms with van der Waals surface area (Å²) in [6, 6.07) is 9.69. The molecule has 1 saturated heterocycles. The third-order valence-electron chi connectivity index (χ3n) is 5.29. The number of nitrogens with zero attached hydrogens (tertiary/aromatic N) is 1. The lowest BCUT2D eigenvalue weighted by atomic mass is 9.95. The van der Waals surface area contributed by atoms with Crippen LogP contribution in [0.2, 0.25) is 0 Å². The van der Waals surface area contributed by atoms with Crippen LogP contribution in [0, 0.1) is 5.82 Å². The van der Waals surface area contributed by atoms with Crippen LogP contribution in [-0.2, 0) is 9.59 Å². The molecule has 2 heterocycles.